The van der Waals surface area contributed by atoms with Crippen LogP contribution in [-0.2, 0) is 9.59 Å². The Morgan fingerprint density at radius 2 is 2.11 bits per heavy atom. The molecular formula is C12H13F2NO3S. The molecular weight excluding hydrogens is 276 g/mol. The number of carboxylic acids is 1. The number of carboxylic acid groups (broad SMARTS) is 1. The lowest BCUT2D eigenvalue weighted by molar-refractivity contribution is -0.141. The molecule has 1 aromatic carbocycles. The van der Waals surface area contributed by atoms with Gasteiger partial charge in [0, 0.05) is 11.0 Å². The van der Waals surface area contributed by atoms with Gasteiger partial charge in [-0.05, 0) is 18.6 Å². The Balaban J connectivity index is 2.52. The van der Waals surface area contributed by atoms with Crippen molar-refractivity contribution >= 4 is 23.6 Å². The number of hydrogen-bond acceptors (Lipinski definition) is 3. The number of hydrogen-bond donors (Lipinski definition) is 2. The SMILES string of the molecule is CC[C@@H](NC(=O)CSc1ccc(F)cc1F)C(=O)O. The predicted molar refractivity (Wildman–Crippen MR) is 66.9 cm³/mol. The number of rotatable bonds is 6. The summed E-state index contributed by atoms with van der Waals surface area (Å²) in [4.78, 5) is 22.3. The van der Waals surface area contributed by atoms with Crippen molar-refractivity contribution in [2.75, 3.05) is 5.75 Å². The maximum Gasteiger partial charge on any atom is 0.326 e. The Morgan fingerprint density at radius 1 is 1.42 bits per heavy atom. The summed E-state index contributed by atoms with van der Waals surface area (Å²) in [7, 11) is 0. The van der Waals surface area contributed by atoms with Crippen molar-refractivity contribution in [3.05, 3.63) is 29.8 Å². The fraction of sp³-hybridized carbons (Fsp3) is 0.333. The minimum absolute atomic E-state index is 0.133. The van der Waals surface area contributed by atoms with Gasteiger partial charge in [-0.3, -0.25) is 4.79 Å². The Hall–Kier alpha value is -1.63. The molecule has 104 valence electrons. The molecule has 0 aromatic heterocycles. The van der Waals surface area contributed by atoms with Gasteiger partial charge < -0.3 is 10.4 Å². The highest BCUT2D eigenvalue weighted by Gasteiger charge is 2.17. The Labute approximate surface area is 113 Å². The first-order chi connectivity index (χ1) is 8.93. The molecule has 0 unspecified atom stereocenters. The van der Waals surface area contributed by atoms with Gasteiger partial charge in [-0.1, -0.05) is 6.92 Å². The molecule has 0 saturated carbocycles. The first kappa shape index (κ1) is 15.4. The molecule has 0 fully saturated rings. The van der Waals surface area contributed by atoms with Crippen LogP contribution < -0.4 is 5.32 Å². The van der Waals surface area contributed by atoms with Crippen LogP contribution in [0, 0.1) is 11.6 Å². The van der Waals surface area contributed by atoms with Crippen LogP contribution >= 0.6 is 11.8 Å². The number of aliphatic carboxylic acids is 1. The van der Waals surface area contributed by atoms with Gasteiger partial charge in [0.1, 0.15) is 17.7 Å². The summed E-state index contributed by atoms with van der Waals surface area (Å²) in [5, 5.41) is 11.1. The molecule has 0 aliphatic rings. The maximum absolute atomic E-state index is 13.3. The zero-order valence-electron chi connectivity index (χ0n) is 10.2. The standard InChI is InChI=1S/C12H13F2NO3S/c1-2-9(12(17)18)15-11(16)6-19-10-4-3-7(13)5-8(10)14/h3-5,9H,2,6H2,1H3,(H,15,16)(H,17,18)/t9-/m1/s1. The van der Waals surface area contributed by atoms with E-state index in [4.69, 9.17) is 5.11 Å². The highest BCUT2D eigenvalue weighted by Crippen LogP contribution is 2.22. The zero-order valence-corrected chi connectivity index (χ0v) is 11.0. The van der Waals surface area contributed by atoms with Crippen LogP contribution in [0.5, 0.6) is 0 Å². The summed E-state index contributed by atoms with van der Waals surface area (Å²) in [5.41, 5.74) is 0. The van der Waals surface area contributed by atoms with Crippen molar-refractivity contribution in [1.29, 1.82) is 0 Å². The number of nitrogens with one attached hydrogen (secondary N) is 1. The molecule has 0 heterocycles. The van der Waals surface area contributed by atoms with E-state index in [1.54, 1.807) is 6.92 Å². The molecule has 0 aliphatic carbocycles. The minimum Gasteiger partial charge on any atom is -0.480 e. The van der Waals surface area contributed by atoms with Crippen LogP contribution in [0.4, 0.5) is 8.78 Å². The van der Waals surface area contributed by atoms with Gasteiger partial charge in [0.15, 0.2) is 0 Å². The summed E-state index contributed by atoms with van der Waals surface area (Å²) < 4.78 is 25.9. The van der Waals surface area contributed by atoms with Gasteiger partial charge in [0.05, 0.1) is 5.75 Å². The van der Waals surface area contributed by atoms with Crippen LogP contribution in [0.25, 0.3) is 0 Å². The fourth-order valence-corrected chi connectivity index (χ4v) is 2.04. The van der Waals surface area contributed by atoms with Crippen molar-refractivity contribution in [1.82, 2.24) is 5.32 Å². The Bertz CT molecular complexity index is 482. The van der Waals surface area contributed by atoms with Gasteiger partial charge in [0.2, 0.25) is 5.91 Å². The number of carbonyl (C=O) groups is 2. The number of amides is 1. The smallest absolute Gasteiger partial charge is 0.326 e. The molecule has 0 spiro atoms. The molecule has 19 heavy (non-hydrogen) atoms. The van der Waals surface area contributed by atoms with E-state index in [0.29, 0.717) is 0 Å². The molecule has 2 N–H and O–H groups in total. The summed E-state index contributed by atoms with van der Waals surface area (Å²) >= 11 is 0.881. The molecule has 1 amide bonds. The van der Waals surface area contributed by atoms with E-state index in [1.807, 2.05) is 0 Å². The first-order valence-corrected chi connectivity index (χ1v) is 6.52. The van der Waals surface area contributed by atoms with E-state index in [9.17, 15) is 18.4 Å². The number of carbonyl (C=O) groups excluding carboxylic acids is 1. The molecule has 0 bridgehead atoms. The largest absolute Gasteiger partial charge is 0.480 e. The minimum atomic E-state index is -1.12. The highest BCUT2D eigenvalue weighted by atomic mass is 32.2. The van der Waals surface area contributed by atoms with E-state index in [-0.39, 0.29) is 17.1 Å². The van der Waals surface area contributed by atoms with E-state index in [1.165, 1.54) is 6.07 Å². The van der Waals surface area contributed by atoms with E-state index < -0.39 is 29.6 Å². The molecule has 0 aliphatic heterocycles. The number of benzene rings is 1. The zero-order chi connectivity index (χ0) is 14.4. The van der Waals surface area contributed by atoms with Crippen molar-refractivity contribution in [2.24, 2.45) is 0 Å². The average Bonchev–Trinajstić information content (AvgIpc) is 2.34. The third-order valence-electron chi connectivity index (χ3n) is 2.29. The van der Waals surface area contributed by atoms with Crippen LogP contribution in [0.15, 0.2) is 23.1 Å². The summed E-state index contributed by atoms with van der Waals surface area (Å²) in [5.74, 6) is -3.20. The maximum atomic E-state index is 13.3. The van der Waals surface area contributed by atoms with E-state index >= 15 is 0 Å². The average molecular weight is 289 g/mol. The third-order valence-corrected chi connectivity index (χ3v) is 3.34. The fourth-order valence-electron chi connectivity index (χ4n) is 1.31. The third kappa shape index (κ3) is 4.86. The second kappa shape index (κ2) is 7.08. The van der Waals surface area contributed by atoms with Gasteiger partial charge in [-0.2, -0.15) is 0 Å². The molecule has 1 aromatic rings. The lowest BCUT2D eigenvalue weighted by atomic mass is 10.2. The van der Waals surface area contributed by atoms with Crippen LogP contribution in [0.1, 0.15) is 13.3 Å². The van der Waals surface area contributed by atoms with Crippen LogP contribution in [-0.4, -0.2) is 28.8 Å². The quantitative estimate of drug-likeness (QED) is 0.786. The summed E-state index contributed by atoms with van der Waals surface area (Å²) in [6.07, 6.45) is 0.261. The van der Waals surface area contributed by atoms with Crippen molar-refractivity contribution in [2.45, 2.75) is 24.3 Å². The van der Waals surface area contributed by atoms with E-state index in [2.05, 4.69) is 5.32 Å². The molecule has 7 heteroatoms. The van der Waals surface area contributed by atoms with Gasteiger partial charge in [0.25, 0.3) is 0 Å². The Kier molecular flexibility index (Phi) is 5.75. The Morgan fingerprint density at radius 3 is 2.63 bits per heavy atom. The summed E-state index contributed by atoms with van der Waals surface area (Å²) in [6, 6.07) is 2.10. The second-order valence-corrected chi connectivity index (χ2v) is 4.75. The van der Waals surface area contributed by atoms with Gasteiger partial charge in [-0.25, -0.2) is 13.6 Å². The normalized spacial score (nSPS) is 11.9. The van der Waals surface area contributed by atoms with Crippen LogP contribution in [0.2, 0.25) is 0 Å². The first-order valence-electron chi connectivity index (χ1n) is 5.54. The molecule has 4 nitrogen and oxygen atoms in total. The summed E-state index contributed by atoms with van der Waals surface area (Å²) in [6.45, 7) is 1.63. The molecule has 1 atom stereocenters. The number of halogens is 2. The second-order valence-electron chi connectivity index (χ2n) is 3.73. The topological polar surface area (TPSA) is 66.4 Å². The van der Waals surface area contributed by atoms with Crippen molar-refractivity contribution in [3.8, 4) is 0 Å². The van der Waals surface area contributed by atoms with Gasteiger partial charge >= 0.3 is 5.97 Å². The molecule has 0 saturated heterocycles. The van der Waals surface area contributed by atoms with Crippen LogP contribution in [0.3, 0.4) is 0 Å². The lowest BCUT2D eigenvalue weighted by Crippen LogP contribution is -2.41. The van der Waals surface area contributed by atoms with Crippen molar-refractivity contribution < 1.29 is 23.5 Å². The number of thioether (sulfide) groups is 1. The monoisotopic (exact) mass is 289 g/mol. The van der Waals surface area contributed by atoms with Crippen molar-refractivity contribution in [3.63, 3.8) is 0 Å². The molecule has 0 radical (unpaired) electrons. The van der Waals surface area contributed by atoms with Gasteiger partial charge in [-0.15, -0.1) is 11.8 Å². The highest BCUT2D eigenvalue weighted by molar-refractivity contribution is 8.00. The molecule has 1 rings (SSSR count). The van der Waals surface area contributed by atoms with E-state index in [0.717, 1.165) is 23.9 Å². The predicted octanol–water partition coefficient (Wildman–Crippen LogP) is 2.04. The lowest BCUT2D eigenvalue weighted by Gasteiger charge is -2.12.